The second kappa shape index (κ2) is 4.00. The monoisotopic (exact) mass is 223 g/mol. The predicted molar refractivity (Wildman–Crippen MR) is 57.0 cm³/mol. The van der Waals surface area contributed by atoms with Gasteiger partial charge in [-0.2, -0.15) is 0 Å². The smallest absolute Gasteiger partial charge is 0.111 e. The van der Waals surface area contributed by atoms with Gasteiger partial charge in [0.2, 0.25) is 0 Å². The second-order valence-corrected chi connectivity index (χ2v) is 3.68. The Kier molecular flexibility index (Phi) is 2.70. The lowest BCUT2D eigenvalue weighted by atomic mass is 10.3. The fourth-order valence-electron chi connectivity index (χ4n) is 1.21. The summed E-state index contributed by atoms with van der Waals surface area (Å²) in [6.45, 7) is 1.65. The van der Waals surface area contributed by atoms with Gasteiger partial charge in [0, 0.05) is 5.02 Å². The van der Waals surface area contributed by atoms with Crippen LogP contribution in [0, 0.1) is 0 Å². The van der Waals surface area contributed by atoms with Crippen LogP contribution in [0.5, 0.6) is 0 Å². The number of aliphatic hydroxyl groups excluding tert-OH is 1. The van der Waals surface area contributed by atoms with Crippen molar-refractivity contribution >= 4 is 11.6 Å². The van der Waals surface area contributed by atoms with Crippen LogP contribution in [0.1, 0.15) is 18.7 Å². The third kappa shape index (κ3) is 2.16. The van der Waals surface area contributed by atoms with Gasteiger partial charge >= 0.3 is 0 Å². The second-order valence-electron chi connectivity index (χ2n) is 3.24. The molecule has 15 heavy (non-hydrogen) atoms. The van der Waals surface area contributed by atoms with Crippen LogP contribution in [0.25, 0.3) is 5.69 Å². The van der Waals surface area contributed by atoms with E-state index in [-0.39, 0.29) is 0 Å². The average Bonchev–Trinajstić information content (AvgIpc) is 2.66. The van der Waals surface area contributed by atoms with Gasteiger partial charge in [0.25, 0.3) is 0 Å². The van der Waals surface area contributed by atoms with Gasteiger partial charge in [-0.05, 0) is 25.1 Å². The maximum Gasteiger partial charge on any atom is 0.111 e. The van der Waals surface area contributed by atoms with E-state index in [9.17, 15) is 5.11 Å². The Hall–Kier alpha value is -1.39. The van der Waals surface area contributed by atoms with E-state index in [0.717, 1.165) is 5.69 Å². The van der Waals surface area contributed by atoms with Gasteiger partial charge in [-0.25, -0.2) is 4.68 Å². The SMILES string of the molecule is C[C@H](O)c1cn(-c2cccc(Cl)c2)nn1. The standard InChI is InChI=1S/C10H10ClN3O/c1-7(15)10-6-14(13-12-10)9-4-2-3-8(11)5-9/h2-7,15H,1H3/t7-/m0/s1. The summed E-state index contributed by atoms with van der Waals surface area (Å²) in [5.74, 6) is 0. The molecule has 0 aliphatic carbocycles. The van der Waals surface area contributed by atoms with Crippen molar-refractivity contribution in [3.05, 3.63) is 41.2 Å². The zero-order valence-electron chi connectivity index (χ0n) is 8.13. The minimum Gasteiger partial charge on any atom is -0.387 e. The van der Waals surface area contributed by atoms with Gasteiger partial charge in [0.15, 0.2) is 0 Å². The van der Waals surface area contributed by atoms with Crippen LogP contribution < -0.4 is 0 Å². The Morgan fingerprint density at radius 3 is 2.87 bits per heavy atom. The molecule has 0 amide bonds. The fraction of sp³-hybridized carbons (Fsp3) is 0.200. The molecule has 1 N–H and O–H groups in total. The molecule has 2 aromatic rings. The molecule has 4 nitrogen and oxygen atoms in total. The van der Waals surface area contributed by atoms with Crippen molar-refractivity contribution in [1.29, 1.82) is 0 Å². The number of rotatable bonds is 2. The van der Waals surface area contributed by atoms with E-state index >= 15 is 0 Å². The third-order valence-electron chi connectivity index (χ3n) is 2.01. The molecule has 0 fully saturated rings. The molecular formula is C10H10ClN3O. The highest BCUT2D eigenvalue weighted by atomic mass is 35.5. The van der Waals surface area contributed by atoms with Gasteiger partial charge in [0.1, 0.15) is 5.69 Å². The zero-order chi connectivity index (χ0) is 10.8. The number of benzene rings is 1. The van der Waals surface area contributed by atoms with Crippen LogP contribution in [-0.2, 0) is 0 Å². The minimum atomic E-state index is -0.613. The molecule has 78 valence electrons. The summed E-state index contributed by atoms with van der Waals surface area (Å²) < 4.78 is 1.58. The quantitative estimate of drug-likeness (QED) is 0.847. The Morgan fingerprint density at radius 2 is 2.27 bits per heavy atom. The fourth-order valence-corrected chi connectivity index (χ4v) is 1.40. The summed E-state index contributed by atoms with van der Waals surface area (Å²) in [4.78, 5) is 0. The van der Waals surface area contributed by atoms with Crippen molar-refractivity contribution in [1.82, 2.24) is 15.0 Å². The molecule has 0 bridgehead atoms. The van der Waals surface area contributed by atoms with Crippen molar-refractivity contribution < 1.29 is 5.11 Å². The van der Waals surface area contributed by atoms with Crippen LogP contribution in [0.4, 0.5) is 0 Å². The summed E-state index contributed by atoms with van der Waals surface area (Å²) in [6.07, 6.45) is 1.06. The molecule has 0 aliphatic rings. The molecule has 5 heteroatoms. The van der Waals surface area contributed by atoms with Gasteiger partial charge in [-0.1, -0.05) is 22.9 Å². The number of hydrogen-bond donors (Lipinski definition) is 1. The molecule has 1 atom stereocenters. The van der Waals surface area contributed by atoms with E-state index < -0.39 is 6.10 Å². The molecule has 2 rings (SSSR count). The molecule has 1 aromatic carbocycles. The molecule has 1 heterocycles. The lowest BCUT2D eigenvalue weighted by molar-refractivity contribution is 0.194. The summed E-state index contributed by atoms with van der Waals surface area (Å²) in [6, 6.07) is 7.27. The lowest BCUT2D eigenvalue weighted by Gasteiger charge is -1.99. The zero-order valence-corrected chi connectivity index (χ0v) is 8.89. The maximum absolute atomic E-state index is 9.30. The van der Waals surface area contributed by atoms with Gasteiger partial charge in [-0.15, -0.1) is 5.10 Å². The van der Waals surface area contributed by atoms with E-state index in [1.807, 2.05) is 12.1 Å². The molecule has 0 saturated carbocycles. The topological polar surface area (TPSA) is 50.9 Å². The van der Waals surface area contributed by atoms with Crippen LogP contribution in [0.15, 0.2) is 30.5 Å². The van der Waals surface area contributed by atoms with Crippen LogP contribution in [0.2, 0.25) is 5.02 Å². The third-order valence-corrected chi connectivity index (χ3v) is 2.25. The largest absolute Gasteiger partial charge is 0.387 e. The van der Waals surface area contributed by atoms with Gasteiger partial charge < -0.3 is 5.11 Å². The molecule has 1 aromatic heterocycles. The lowest BCUT2D eigenvalue weighted by Crippen LogP contribution is -1.94. The molecule has 0 unspecified atom stereocenters. The average molecular weight is 224 g/mol. The predicted octanol–water partition coefficient (Wildman–Crippen LogP) is 1.97. The van der Waals surface area contributed by atoms with Crippen molar-refractivity contribution in [2.24, 2.45) is 0 Å². The summed E-state index contributed by atoms with van der Waals surface area (Å²) in [5.41, 5.74) is 1.36. The normalized spacial score (nSPS) is 12.7. The summed E-state index contributed by atoms with van der Waals surface area (Å²) in [5, 5.41) is 17.7. The highest BCUT2D eigenvalue weighted by molar-refractivity contribution is 6.30. The maximum atomic E-state index is 9.30. The van der Waals surface area contributed by atoms with E-state index in [4.69, 9.17) is 11.6 Å². The number of nitrogens with zero attached hydrogens (tertiary/aromatic N) is 3. The molecule has 0 saturated heterocycles. The van der Waals surface area contributed by atoms with Crippen molar-refractivity contribution in [2.45, 2.75) is 13.0 Å². The Bertz CT molecular complexity index is 467. The van der Waals surface area contributed by atoms with Crippen molar-refractivity contribution in [2.75, 3.05) is 0 Å². The summed E-state index contributed by atoms with van der Waals surface area (Å²) >= 11 is 5.85. The van der Waals surface area contributed by atoms with Crippen LogP contribution in [0.3, 0.4) is 0 Å². The number of aromatic nitrogens is 3. The van der Waals surface area contributed by atoms with Gasteiger partial charge in [-0.3, -0.25) is 0 Å². The molecular weight excluding hydrogens is 214 g/mol. The first-order valence-electron chi connectivity index (χ1n) is 4.53. The molecule has 0 radical (unpaired) electrons. The number of aliphatic hydroxyl groups is 1. The summed E-state index contributed by atoms with van der Waals surface area (Å²) in [7, 11) is 0. The first-order valence-corrected chi connectivity index (χ1v) is 4.91. The first kappa shape index (κ1) is 10.1. The van der Waals surface area contributed by atoms with E-state index in [2.05, 4.69) is 10.3 Å². The van der Waals surface area contributed by atoms with Crippen LogP contribution >= 0.6 is 11.6 Å². The minimum absolute atomic E-state index is 0.537. The van der Waals surface area contributed by atoms with Gasteiger partial charge in [0.05, 0.1) is 18.0 Å². The van der Waals surface area contributed by atoms with Crippen molar-refractivity contribution in [3.63, 3.8) is 0 Å². The molecule has 0 spiro atoms. The Labute approximate surface area is 92.1 Å². The van der Waals surface area contributed by atoms with E-state index in [0.29, 0.717) is 10.7 Å². The van der Waals surface area contributed by atoms with E-state index in [1.165, 1.54) is 0 Å². The highest BCUT2D eigenvalue weighted by Crippen LogP contribution is 2.15. The first-order chi connectivity index (χ1) is 7.16. The van der Waals surface area contributed by atoms with Crippen molar-refractivity contribution in [3.8, 4) is 5.69 Å². The highest BCUT2D eigenvalue weighted by Gasteiger charge is 2.07. The van der Waals surface area contributed by atoms with E-state index in [1.54, 1.807) is 29.9 Å². The van der Waals surface area contributed by atoms with Crippen LogP contribution in [-0.4, -0.2) is 20.1 Å². The Balaban J connectivity index is 2.37. The number of hydrogen-bond acceptors (Lipinski definition) is 3. The Morgan fingerprint density at radius 1 is 1.47 bits per heavy atom. The number of halogens is 1. The molecule has 0 aliphatic heterocycles.